The summed E-state index contributed by atoms with van der Waals surface area (Å²) < 4.78 is 5.36. The van der Waals surface area contributed by atoms with Crippen LogP contribution in [0.5, 0.6) is 5.75 Å². The van der Waals surface area contributed by atoms with Gasteiger partial charge in [0.25, 0.3) is 0 Å². The van der Waals surface area contributed by atoms with E-state index in [2.05, 4.69) is 12.1 Å². The summed E-state index contributed by atoms with van der Waals surface area (Å²) in [6, 6.07) is 8.23. The number of rotatable bonds is 0. The third-order valence-electron chi connectivity index (χ3n) is 1.34. The Labute approximate surface area is 60.5 Å². The van der Waals surface area contributed by atoms with Gasteiger partial charge in [0.2, 0.25) is 0 Å². The molecule has 0 aliphatic carbocycles. The van der Waals surface area contributed by atoms with E-state index in [9.17, 15) is 0 Å². The molecule has 0 saturated carbocycles. The molecule has 0 atom stereocenters. The van der Waals surface area contributed by atoms with E-state index < -0.39 is 0 Å². The Morgan fingerprint density at radius 1 is 1.33 bits per heavy atom. The second kappa shape index (κ2) is 2.05. The van der Waals surface area contributed by atoms with Crippen LogP contribution in [0, 0.1) is 0 Å². The first kappa shape index (κ1) is 5.33. The Morgan fingerprint density at radius 2 is 2.22 bits per heavy atom. The van der Waals surface area contributed by atoms with Gasteiger partial charge in [-0.25, -0.2) is 0 Å². The molecule has 2 heteroatoms. The summed E-state index contributed by atoms with van der Waals surface area (Å²) in [6.07, 6.45) is 0. The van der Waals surface area contributed by atoms with Crippen molar-refractivity contribution in [1.29, 1.82) is 0 Å². The molecular weight excluding hydrogens is 179 g/mol. The fraction of sp³-hybridized carbons (Fsp3) is 0.143. The van der Waals surface area contributed by atoms with Crippen molar-refractivity contribution in [3.63, 3.8) is 0 Å². The molecule has 0 bridgehead atoms. The van der Waals surface area contributed by atoms with Crippen molar-refractivity contribution in [3.8, 4) is 5.75 Å². The van der Waals surface area contributed by atoms with Crippen LogP contribution < -0.4 is 3.82 Å². The van der Waals surface area contributed by atoms with Crippen LogP contribution in [0.4, 0.5) is 0 Å². The molecule has 46 valence electrons. The van der Waals surface area contributed by atoms with Crippen molar-refractivity contribution in [2.45, 2.75) is 5.32 Å². The molecule has 1 aromatic rings. The van der Waals surface area contributed by atoms with E-state index in [1.807, 2.05) is 12.1 Å². The molecule has 0 N–H and O–H groups in total. The SMILES string of the molecule is c1ccc2c(c1)C[Se]O2. The van der Waals surface area contributed by atoms with E-state index in [4.69, 9.17) is 3.82 Å². The van der Waals surface area contributed by atoms with Crippen molar-refractivity contribution in [3.05, 3.63) is 29.8 Å². The van der Waals surface area contributed by atoms with E-state index in [0.29, 0.717) is 15.3 Å². The molecule has 0 amide bonds. The quantitative estimate of drug-likeness (QED) is 0.552. The van der Waals surface area contributed by atoms with Gasteiger partial charge in [0.05, 0.1) is 0 Å². The van der Waals surface area contributed by atoms with E-state index in [1.165, 1.54) is 5.56 Å². The van der Waals surface area contributed by atoms with Gasteiger partial charge in [-0.1, -0.05) is 0 Å². The number of para-hydroxylation sites is 1. The Bertz CT molecular complexity index is 199. The zero-order valence-electron chi connectivity index (χ0n) is 4.83. The molecule has 0 fully saturated rings. The normalized spacial score (nSPS) is 14.7. The van der Waals surface area contributed by atoms with Crippen LogP contribution in [0.1, 0.15) is 5.56 Å². The zero-order valence-corrected chi connectivity index (χ0v) is 6.55. The topological polar surface area (TPSA) is 9.23 Å². The Morgan fingerprint density at radius 3 is 3.11 bits per heavy atom. The number of benzene rings is 1. The average Bonchev–Trinajstić information content (AvgIpc) is 2.33. The zero-order chi connectivity index (χ0) is 6.10. The summed E-state index contributed by atoms with van der Waals surface area (Å²) in [5.74, 6) is 1.09. The number of fused-ring (bicyclic) bond motifs is 1. The van der Waals surface area contributed by atoms with Crippen LogP contribution in [0.15, 0.2) is 24.3 Å². The van der Waals surface area contributed by atoms with Gasteiger partial charge >= 0.3 is 60.0 Å². The van der Waals surface area contributed by atoms with Crippen LogP contribution in [0.25, 0.3) is 0 Å². The van der Waals surface area contributed by atoms with Crippen molar-refractivity contribution in [2.24, 2.45) is 0 Å². The van der Waals surface area contributed by atoms with Gasteiger partial charge in [-0.15, -0.1) is 0 Å². The Balaban J connectivity index is 2.54. The number of hydrogen-bond acceptors (Lipinski definition) is 1. The third-order valence-corrected chi connectivity index (χ3v) is 2.86. The van der Waals surface area contributed by atoms with Crippen LogP contribution in [-0.4, -0.2) is 15.3 Å². The van der Waals surface area contributed by atoms with Gasteiger partial charge < -0.3 is 0 Å². The second-order valence-corrected chi connectivity index (χ2v) is 3.40. The van der Waals surface area contributed by atoms with Crippen molar-refractivity contribution < 1.29 is 3.82 Å². The number of hydrogen-bond donors (Lipinski definition) is 0. The van der Waals surface area contributed by atoms with Crippen molar-refractivity contribution in [2.75, 3.05) is 0 Å². The van der Waals surface area contributed by atoms with E-state index in [0.717, 1.165) is 11.1 Å². The first-order valence-electron chi connectivity index (χ1n) is 2.84. The van der Waals surface area contributed by atoms with Gasteiger partial charge in [-0.3, -0.25) is 0 Å². The molecule has 0 unspecified atom stereocenters. The minimum absolute atomic E-state index is 0.379. The molecule has 1 aromatic carbocycles. The Hall–Kier alpha value is -0.461. The Kier molecular flexibility index (Phi) is 1.22. The fourth-order valence-corrected chi connectivity index (χ4v) is 2.36. The molecule has 1 aliphatic rings. The van der Waals surface area contributed by atoms with E-state index >= 15 is 0 Å². The molecular formula is C7H6OSe. The van der Waals surface area contributed by atoms with Gasteiger partial charge in [0.1, 0.15) is 0 Å². The molecule has 9 heavy (non-hydrogen) atoms. The van der Waals surface area contributed by atoms with Gasteiger partial charge in [0.15, 0.2) is 0 Å². The molecule has 0 radical (unpaired) electrons. The third kappa shape index (κ3) is 0.846. The summed E-state index contributed by atoms with van der Waals surface area (Å²) in [5.41, 5.74) is 1.37. The molecule has 2 rings (SSSR count). The summed E-state index contributed by atoms with van der Waals surface area (Å²) in [6.45, 7) is 0. The molecule has 0 aromatic heterocycles. The van der Waals surface area contributed by atoms with E-state index in [1.54, 1.807) is 0 Å². The molecule has 1 heterocycles. The summed E-state index contributed by atoms with van der Waals surface area (Å²) in [4.78, 5) is 0. The molecule has 0 spiro atoms. The second-order valence-electron chi connectivity index (χ2n) is 1.95. The van der Waals surface area contributed by atoms with Crippen LogP contribution >= 0.6 is 0 Å². The van der Waals surface area contributed by atoms with Gasteiger partial charge in [-0.2, -0.15) is 0 Å². The predicted molar refractivity (Wildman–Crippen MR) is 36.5 cm³/mol. The summed E-state index contributed by atoms with van der Waals surface area (Å²) in [5, 5.41) is 1.14. The van der Waals surface area contributed by atoms with Gasteiger partial charge in [-0.05, 0) is 0 Å². The first-order valence-corrected chi connectivity index (χ1v) is 4.75. The average molecular weight is 185 g/mol. The van der Waals surface area contributed by atoms with Crippen molar-refractivity contribution in [1.82, 2.24) is 0 Å². The molecule has 0 saturated heterocycles. The summed E-state index contributed by atoms with van der Waals surface area (Å²) >= 11 is 0.379. The first-order chi connectivity index (χ1) is 4.47. The maximum atomic E-state index is 5.36. The predicted octanol–water partition coefficient (Wildman–Crippen LogP) is 1.20. The maximum absolute atomic E-state index is 5.36. The van der Waals surface area contributed by atoms with E-state index in [-0.39, 0.29) is 0 Å². The van der Waals surface area contributed by atoms with Gasteiger partial charge in [0, 0.05) is 0 Å². The standard InChI is InChI=1S/C7H6OSe/c1-2-4-7-6(3-1)5-9-8-7/h1-4H,5H2. The fourth-order valence-electron chi connectivity index (χ4n) is 0.861. The van der Waals surface area contributed by atoms with Crippen LogP contribution in [0.3, 0.4) is 0 Å². The van der Waals surface area contributed by atoms with Crippen molar-refractivity contribution >= 4 is 15.3 Å². The molecule has 1 nitrogen and oxygen atoms in total. The monoisotopic (exact) mass is 186 g/mol. The molecule has 1 aliphatic heterocycles. The van der Waals surface area contributed by atoms with Crippen LogP contribution in [0.2, 0.25) is 0 Å². The van der Waals surface area contributed by atoms with Crippen LogP contribution in [-0.2, 0) is 5.32 Å². The minimum atomic E-state index is 0.379. The summed E-state index contributed by atoms with van der Waals surface area (Å²) in [7, 11) is 0.